The summed E-state index contributed by atoms with van der Waals surface area (Å²) < 4.78 is 28.2. The van der Waals surface area contributed by atoms with Gasteiger partial charge in [-0.05, 0) is 49.9 Å². The maximum Gasteiger partial charge on any atom is 0.276 e. The summed E-state index contributed by atoms with van der Waals surface area (Å²) >= 11 is 0. The topological polar surface area (TPSA) is 91.1 Å². The molecular formula is C16H23N3O3S. The normalized spacial score (nSPS) is 12.0. The molecule has 0 aliphatic heterocycles. The van der Waals surface area contributed by atoms with E-state index in [0.717, 1.165) is 28.5 Å². The number of benzene rings is 1. The summed E-state index contributed by atoms with van der Waals surface area (Å²) in [5, 5.41) is 0.983. The third-order valence-electron chi connectivity index (χ3n) is 3.62. The van der Waals surface area contributed by atoms with Crippen LogP contribution in [0.1, 0.15) is 30.0 Å². The van der Waals surface area contributed by atoms with Crippen molar-refractivity contribution in [3.63, 3.8) is 0 Å². The quantitative estimate of drug-likeness (QED) is 0.715. The molecule has 0 amide bonds. The molecule has 0 aliphatic rings. The van der Waals surface area contributed by atoms with E-state index in [1.165, 1.54) is 0 Å². The standard InChI is InChI=1S/C16H23N3O3S/c1-4-6-17-23(21,22)18-7-5-13-10-14-12(3)8-11(2)9-15(14)19-16(13)20/h8-10,17-18H,4-7H2,1-3H3,(H,19,20). The van der Waals surface area contributed by atoms with Crippen LogP contribution in [0.3, 0.4) is 0 Å². The molecule has 1 aromatic carbocycles. The van der Waals surface area contributed by atoms with Crippen molar-refractivity contribution in [3.05, 3.63) is 45.2 Å². The lowest BCUT2D eigenvalue weighted by atomic mass is 10.0. The summed E-state index contributed by atoms with van der Waals surface area (Å²) in [4.78, 5) is 15.0. The lowest BCUT2D eigenvalue weighted by Crippen LogP contribution is -2.38. The van der Waals surface area contributed by atoms with Crippen LogP contribution < -0.4 is 15.0 Å². The van der Waals surface area contributed by atoms with E-state index in [2.05, 4.69) is 20.5 Å². The zero-order valence-electron chi connectivity index (χ0n) is 13.7. The van der Waals surface area contributed by atoms with Crippen LogP contribution in [-0.2, 0) is 16.6 Å². The van der Waals surface area contributed by atoms with E-state index in [-0.39, 0.29) is 12.1 Å². The monoisotopic (exact) mass is 337 g/mol. The van der Waals surface area contributed by atoms with Gasteiger partial charge >= 0.3 is 0 Å². The number of rotatable bonds is 7. The Balaban J connectivity index is 2.15. The van der Waals surface area contributed by atoms with E-state index in [1.807, 2.05) is 32.9 Å². The van der Waals surface area contributed by atoms with Crippen molar-refractivity contribution in [2.24, 2.45) is 0 Å². The van der Waals surface area contributed by atoms with Gasteiger partial charge < -0.3 is 4.98 Å². The maximum atomic E-state index is 12.1. The molecular weight excluding hydrogens is 314 g/mol. The fraction of sp³-hybridized carbons (Fsp3) is 0.438. The largest absolute Gasteiger partial charge is 0.322 e. The van der Waals surface area contributed by atoms with E-state index >= 15 is 0 Å². The molecule has 0 fully saturated rings. The summed E-state index contributed by atoms with van der Waals surface area (Å²) in [6.45, 7) is 6.44. The number of hydrogen-bond donors (Lipinski definition) is 3. The lowest BCUT2D eigenvalue weighted by molar-refractivity contribution is 0.565. The van der Waals surface area contributed by atoms with Crippen molar-refractivity contribution in [1.29, 1.82) is 0 Å². The number of aromatic amines is 1. The van der Waals surface area contributed by atoms with Crippen LogP contribution in [-0.4, -0.2) is 26.5 Å². The Hall–Kier alpha value is -1.70. The number of aromatic nitrogens is 1. The summed E-state index contributed by atoms with van der Waals surface area (Å²) in [5.41, 5.74) is 3.38. The first kappa shape index (κ1) is 17.7. The lowest BCUT2D eigenvalue weighted by Gasteiger charge is -2.09. The summed E-state index contributed by atoms with van der Waals surface area (Å²) in [6.07, 6.45) is 1.07. The minimum absolute atomic E-state index is 0.178. The molecule has 0 saturated carbocycles. The van der Waals surface area contributed by atoms with Gasteiger partial charge in [-0.3, -0.25) is 4.79 Å². The van der Waals surface area contributed by atoms with E-state index in [4.69, 9.17) is 0 Å². The smallest absolute Gasteiger partial charge is 0.276 e. The second-order valence-corrected chi connectivity index (χ2v) is 7.29. The predicted molar refractivity (Wildman–Crippen MR) is 93.0 cm³/mol. The molecule has 7 heteroatoms. The minimum Gasteiger partial charge on any atom is -0.322 e. The van der Waals surface area contributed by atoms with E-state index in [9.17, 15) is 13.2 Å². The van der Waals surface area contributed by atoms with Gasteiger partial charge in [0, 0.05) is 29.6 Å². The molecule has 0 saturated heterocycles. The highest BCUT2D eigenvalue weighted by atomic mass is 32.2. The van der Waals surface area contributed by atoms with E-state index in [1.54, 1.807) is 0 Å². The van der Waals surface area contributed by atoms with E-state index < -0.39 is 10.2 Å². The van der Waals surface area contributed by atoms with Gasteiger partial charge in [-0.2, -0.15) is 8.42 Å². The van der Waals surface area contributed by atoms with E-state index in [0.29, 0.717) is 18.5 Å². The van der Waals surface area contributed by atoms with Crippen molar-refractivity contribution >= 4 is 21.1 Å². The molecule has 0 unspecified atom stereocenters. The number of H-pyrrole nitrogens is 1. The van der Waals surface area contributed by atoms with Gasteiger partial charge in [0.2, 0.25) is 0 Å². The van der Waals surface area contributed by atoms with Crippen LogP contribution in [0.25, 0.3) is 10.9 Å². The van der Waals surface area contributed by atoms with Gasteiger partial charge in [0.1, 0.15) is 0 Å². The van der Waals surface area contributed by atoms with Crippen molar-refractivity contribution in [2.75, 3.05) is 13.1 Å². The van der Waals surface area contributed by atoms with Gasteiger partial charge in [-0.25, -0.2) is 9.44 Å². The molecule has 0 spiro atoms. The van der Waals surface area contributed by atoms with Crippen LogP contribution in [0.4, 0.5) is 0 Å². The molecule has 0 bridgehead atoms. The summed E-state index contributed by atoms with van der Waals surface area (Å²) in [7, 11) is -3.50. The first-order valence-corrected chi connectivity index (χ1v) is 9.18. The molecule has 0 aliphatic carbocycles. The molecule has 126 valence electrons. The molecule has 2 aromatic rings. The number of pyridine rings is 1. The number of hydrogen-bond acceptors (Lipinski definition) is 3. The zero-order valence-corrected chi connectivity index (χ0v) is 14.5. The number of aryl methyl sites for hydroxylation is 2. The fourth-order valence-corrected chi connectivity index (χ4v) is 3.46. The van der Waals surface area contributed by atoms with Crippen LogP contribution in [0.2, 0.25) is 0 Å². The molecule has 2 rings (SSSR count). The van der Waals surface area contributed by atoms with Crippen molar-refractivity contribution < 1.29 is 8.42 Å². The average molecular weight is 337 g/mol. The van der Waals surface area contributed by atoms with Crippen LogP contribution in [0.5, 0.6) is 0 Å². The molecule has 23 heavy (non-hydrogen) atoms. The highest BCUT2D eigenvalue weighted by Crippen LogP contribution is 2.18. The minimum atomic E-state index is -3.50. The van der Waals surface area contributed by atoms with Gasteiger partial charge in [0.05, 0.1) is 0 Å². The summed E-state index contributed by atoms with van der Waals surface area (Å²) in [6, 6.07) is 5.84. The number of fused-ring (bicyclic) bond motifs is 1. The van der Waals surface area contributed by atoms with Gasteiger partial charge in [-0.15, -0.1) is 0 Å². The third-order valence-corrected chi connectivity index (χ3v) is 4.79. The molecule has 0 radical (unpaired) electrons. The van der Waals surface area contributed by atoms with Crippen LogP contribution in [0, 0.1) is 13.8 Å². The third kappa shape index (κ3) is 4.63. The Morgan fingerprint density at radius 3 is 2.48 bits per heavy atom. The Labute approximate surface area is 136 Å². The molecule has 0 atom stereocenters. The van der Waals surface area contributed by atoms with Crippen molar-refractivity contribution in [1.82, 2.24) is 14.4 Å². The SMILES string of the molecule is CCCNS(=O)(=O)NCCc1cc2c(C)cc(C)cc2[nH]c1=O. The molecule has 3 N–H and O–H groups in total. The highest BCUT2D eigenvalue weighted by Gasteiger charge is 2.09. The zero-order chi connectivity index (χ0) is 17.0. The first-order chi connectivity index (χ1) is 10.8. The Morgan fingerprint density at radius 2 is 1.78 bits per heavy atom. The molecule has 1 heterocycles. The van der Waals surface area contributed by atoms with Gasteiger partial charge in [0.15, 0.2) is 0 Å². The first-order valence-electron chi connectivity index (χ1n) is 7.70. The fourth-order valence-electron chi connectivity index (χ4n) is 2.51. The molecule has 6 nitrogen and oxygen atoms in total. The second-order valence-electron chi connectivity index (χ2n) is 5.71. The Kier molecular flexibility index (Phi) is 5.56. The van der Waals surface area contributed by atoms with Gasteiger partial charge in [-0.1, -0.05) is 13.0 Å². The second kappa shape index (κ2) is 7.25. The predicted octanol–water partition coefficient (Wildman–Crippen LogP) is 1.52. The van der Waals surface area contributed by atoms with Crippen molar-refractivity contribution in [3.8, 4) is 0 Å². The van der Waals surface area contributed by atoms with Gasteiger partial charge in [0.25, 0.3) is 15.8 Å². The Morgan fingerprint density at radius 1 is 1.09 bits per heavy atom. The van der Waals surface area contributed by atoms with Crippen molar-refractivity contribution in [2.45, 2.75) is 33.6 Å². The molecule has 1 aromatic heterocycles. The average Bonchev–Trinajstić information content (AvgIpc) is 2.46. The van der Waals surface area contributed by atoms with Crippen LogP contribution >= 0.6 is 0 Å². The summed E-state index contributed by atoms with van der Waals surface area (Å²) in [5.74, 6) is 0. The highest BCUT2D eigenvalue weighted by molar-refractivity contribution is 7.87. The Bertz CT molecular complexity index is 857. The number of nitrogens with one attached hydrogen (secondary N) is 3. The van der Waals surface area contributed by atoms with Crippen LogP contribution in [0.15, 0.2) is 23.0 Å². The maximum absolute atomic E-state index is 12.1.